The summed E-state index contributed by atoms with van der Waals surface area (Å²) in [6.07, 6.45) is 2.76. The molecule has 0 spiro atoms. The van der Waals surface area contributed by atoms with E-state index in [0.717, 1.165) is 25.8 Å². The molecule has 0 radical (unpaired) electrons. The summed E-state index contributed by atoms with van der Waals surface area (Å²) in [6, 6.07) is 1.62. The van der Waals surface area contributed by atoms with Crippen LogP contribution in [-0.2, 0) is 0 Å². The van der Waals surface area contributed by atoms with E-state index in [0.29, 0.717) is 20.8 Å². The first-order chi connectivity index (χ1) is 8.54. The first-order valence-corrected chi connectivity index (χ1v) is 7.39. The van der Waals surface area contributed by atoms with Crippen LogP contribution in [0.2, 0.25) is 8.67 Å². The van der Waals surface area contributed by atoms with Crippen LogP contribution in [-0.4, -0.2) is 42.5 Å². The number of carbonyl (C=O) groups is 1. The zero-order chi connectivity index (χ0) is 13.5. The topological polar surface area (TPSA) is 40.5 Å². The number of aliphatic hydroxyl groups excluding tert-OH is 1. The molecular formula is C12H17Cl2NO2S. The lowest BCUT2D eigenvalue weighted by atomic mass is 10.2. The lowest BCUT2D eigenvalue weighted by Gasteiger charge is -2.15. The monoisotopic (exact) mass is 309 g/mol. The summed E-state index contributed by atoms with van der Waals surface area (Å²) < 4.78 is 0.993. The van der Waals surface area contributed by atoms with E-state index in [-0.39, 0.29) is 12.4 Å². The van der Waals surface area contributed by atoms with Crippen LogP contribution in [0.15, 0.2) is 6.07 Å². The van der Waals surface area contributed by atoms with Crippen molar-refractivity contribution in [2.45, 2.75) is 19.3 Å². The number of halogens is 2. The maximum atomic E-state index is 12.0. The van der Waals surface area contributed by atoms with E-state index >= 15 is 0 Å². The molecule has 1 heterocycles. The Kier molecular flexibility index (Phi) is 7.19. The van der Waals surface area contributed by atoms with Gasteiger partial charge in [-0.15, -0.1) is 11.3 Å². The zero-order valence-corrected chi connectivity index (χ0v) is 12.6. The molecule has 1 aromatic heterocycles. The summed E-state index contributed by atoms with van der Waals surface area (Å²) in [5, 5.41) is 8.66. The van der Waals surface area contributed by atoms with Gasteiger partial charge in [0, 0.05) is 6.61 Å². The van der Waals surface area contributed by atoms with Gasteiger partial charge in [0.15, 0.2) is 5.78 Å². The zero-order valence-electron chi connectivity index (χ0n) is 10.3. The van der Waals surface area contributed by atoms with Gasteiger partial charge >= 0.3 is 0 Å². The minimum absolute atomic E-state index is 0.00666. The van der Waals surface area contributed by atoms with Crippen molar-refractivity contribution in [3.63, 3.8) is 0 Å². The minimum atomic E-state index is -0.00666. The van der Waals surface area contributed by atoms with E-state index < -0.39 is 0 Å². The second-order valence-electron chi connectivity index (χ2n) is 4.18. The van der Waals surface area contributed by atoms with Gasteiger partial charge in [0.2, 0.25) is 0 Å². The molecule has 1 aromatic rings. The highest BCUT2D eigenvalue weighted by atomic mass is 35.5. The largest absolute Gasteiger partial charge is 0.396 e. The fourth-order valence-electron chi connectivity index (χ4n) is 1.61. The predicted octanol–water partition coefficient (Wildman–Crippen LogP) is 3.33. The smallest absolute Gasteiger partial charge is 0.179 e. The third kappa shape index (κ3) is 5.24. The molecule has 3 nitrogen and oxygen atoms in total. The molecule has 0 saturated heterocycles. The average Bonchev–Trinajstić information content (AvgIpc) is 2.64. The molecule has 0 saturated carbocycles. The number of hydrogen-bond donors (Lipinski definition) is 1. The number of unbranched alkanes of at least 4 members (excludes halogenated alkanes) is 2. The first kappa shape index (κ1) is 15.9. The Balaban J connectivity index is 2.37. The molecule has 0 aromatic carbocycles. The highest BCUT2D eigenvalue weighted by molar-refractivity contribution is 7.20. The SMILES string of the molecule is CN(CCCCCO)CC(=O)c1cc(Cl)sc1Cl. The summed E-state index contributed by atoms with van der Waals surface area (Å²) in [5.41, 5.74) is 0.508. The Morgan fingerprint density at radius 1 is 1.39 bits per heavy atom. The van der Waals surface area contributed by atoms with Crippen LogP contribution in [0, 0.1) is 0 Å². The van der Waals surface area contributed by atoms with Crippen molar-refractivity contribution < 1.29 is 9.90 Å². The first-order valence-electron chi connectivity index (χ1n) is 5.82. The highest BCUT2D eigenvalue weighted by Crippen LogP contribution is 2.31. The fraction of sp³-hybridized carbons (Fsp3) is 0.583. The van der Waals surface area contributed by atoms with Crippen LogP contribution in [0.5, 0.6) is 0 Å². The summed E-state index contributed by atoms with van der Waals surface area (Å²) >= 11 is 13.0. The van der Waals surface area contributed by atoms with Gasteiger partial charge in [-0.25, -0.2) is 0 Å². The third-order valence-electron chi connectivity index (χ3n) is 2.57. The molecule has 18 heavy (non-hydrogen) atoms. The summed E-state index contributed by atoms with van der Waals surface area (Å²) in [6.45, 7) is 1.40. The third-order valence-corrected chi connectivity index (χ3v) is 4.06. The van der Waals surface area contributed by atoms with E-state index in [1.54, 1.807) is 6.07 Å². The molecule has 0 aliphatic heterocycles. The number of rotatable bonds is 8. The van der Waals surface area contributed by atoms with Gasteiger partial charge in [-0.05, 0) is 38.9 Å². The number of ketones is 1. The van der Waals surface area contributed by atoms with Gasteiger partial charge in [-0.1, -0.05) is 23.2 Å². The normalized spacial score (nSPS) is 11.2. The second kappa shape index (κ2) is 8.12. The number of nitrogens with zero attached hydrogens (tertiary/aromatic N) is 1. The van der Waals surface area contributed by atoms with E-state index in [1.165, 1.54) is 11.3 Å². The fourth-order valence-corrected chi connectivity index (χ4v) is 3.11. The Bertz CT molecular complexity index is 395. The van der Waals surface area contributed by atoms with Crippen molar-refractivity contribution in [1.82, 2.24) is 4.90 Å². The van der Waals surface area contributed by atoms with E-state index in [4.69, 9.17) is 28.3 Å². The molecule has 0 bridgehead atoms. The molecule has 0 aliphatic rings. The Morgan fingerprint density at radius 2 is 2.11 bits per heavy atom. The van der Waals surface area contributed by atoms with Crippen molar-refractivity contribution in [2.24, 2.45) is 0 Å². The standard InChI is InChI=1S/C12H17Cl2NO2S/c1-15(5-3-2-4-6-16)8-10(17)9-7-11(13)18-12(9)14/h7,16H,2-6,8H2,1H3. The van der Waals surface area contributed by atoms with Gasteiger partial charge in [0.05, 0.1) is 16.4 Å². The number of aliphatic hydroxyl groups is 1. The van der Waals surface area contributed by atoms with E-state index in [9.17, 15) is 4.79 Å². The van der Waals surface area contributed by atoms with Crippen molar-refractivity contribution in [2.75, 3.05) is 26.7 Å². The van der Waals surface area contributed by atoms with E-state index in [1.807, 2.05) is 11.9 Å². The maximum absolute atomic E-state index is 12.0. The average molecular weight is 310 g/mol. The predicted molar refractivity (Wildman–Crippen MR) is 77.1 cm³/mol. The molecule has 0 aliphatic carbocycles. The quantitative estimate of drug-likeness (QED) is 0.591. The molecule has 102 valence electrons. The van der Waals surface area contributed by atoms with Gasteiger partial charge in [0.1, 0.15) is 4.34 Å². The lowest BCUT2D eigenvalue weighted by Crippen LogP contribution is -2.27. The van der Waals surface area contributed by atoms with Crippen LogP contribution < -0.4 is 0 Å². The summed E-state index contributed by atoms with van der Waals surface area (Å²) in [7, 11) is 1.90. The summed E-state index contributed by atoms with van der Waals surface area (Å²) in [5.74, 6) is -0.00666. The molecule has 0 amide bonds. The van der Waals surface area contributed by atoms with Crippen LogP contribution in [0.4, 0.5) is 0 Å². The Labute approximate surface area is 121 Å². The second-order valence-corrected chi connectivity index (χ2v) is 6.47. The lowest BCUT2D eigenvalue weighted by molar-refractivity contribution is 0.0945. The van der Waals surface area contributed by atoms with Crippen molar-refractivity contribution in [1.29, 1.82) is 0 Å². The van der Waals surface area contributed by atoms with Gasteiger partial charge in [0.25, 0.3) is 0 Å². The maximum Gasteiger partial charge on any atom is 0.179 e. The van der Waals surface area contributed by atoms with Gasteiger partial charge in [-0.3, -0.25) is 9.69 Å². The van der Waals surface area contributed by atoms with Gasteiger partial charge < -0.3 is 5.11 Å². The van der Waals surface area contributed by atoms with Crippen molar-refractivity contribution >= 4 is 40.3 Å². The number of Topliss-reactive ketones (excluding diaryl/α,β-unsaturated/α-hetero) is 1. The Hall–Kier alpha value is -0.130. The number of thiophene rings is 1. The van der Waals surface area contributed by atoms with Crippen molar-refractivity contribution in [3.05, 3.63) is 20.3 Å². The van der Waals surface area contributed by atoms with Crippen LogP contribution >= 0.6 is 34.5 Å². The number of likely N-dealkylation sites (N-methyl/N-ethyl adjacent to an activating group) is 1. The molecule has 1 N–H and O–H groups in total. The molecule has 1 rings (SSSR count). The number of carbonyl (C=O) groups excluding carboxylic acids is 1. The molecule has 0 atom stereocenters. The molecule has 0 unspecified atom stereocenters. The number of hydrogen-bond acceptors (Lipinski definition) is 4. The Morgan fingerprint density at radius 3 is 2.67 bits per heavy atom. The molecule has 6 heteroatoms. The van der Waals surface area contributed by atoms with Crippen LogP contribution in [0.1, 0.15) is 29.6 Å². The van der Waals surface area contributed by atoms with E-state index in [2.05, 4.69) is 0 Å². The van der Waals surface area contributed by atoms with Crippen molar-refractivity contribution in [3.8, 4) is 0 Å². The highest BCUT2D eigenvalue weighted by Gasteiger charge is 2.15. The van der Waals surface area contributed by atoms with Crippen LogP contribution in [0.25, 0.3) is 0 Å². The minimum Gasteiger partial charge on any atom is -0.396 e. The summed E-state index contributed by atoms with van der Waals surface area (Å²) in [4.78, 5) is 13.9. The molecule has 0 fully saturated rings. The molecular weight excluding hydrogens is 293 g/mol. The van der Waals surface area contributed by atoms with Crippen LogP contribution in [0.3, 0.4) is 0 Å². The van der Waals surface area contributed by atoms with Gasteiger partial charge in [-0.2, -0.15) is 0 Å².